The first-order chi connectivity index (χ1) is 17.9. The van der Waals surface area contributed by atoms with Gasteiger partial charge in [0.1, 0.15) is 12.4 Å². The summed E-state index contributed by atoms with van der Waals surface area (Å²) in [7, 11) is 0. The molecule has 0 spiro atoms. The van der Waals surface area contributed by atoms with Crippen molar-refractivity contribution in [1.29, 1.82) is 0 Å². The Morgan fingerprint density at radius 2 is 1.92 bits per heavy atom. The Bertz CT molecular complexity index is 1540. The van der Waals surface area contributed by atoms with Gasteiger partial charge in [0.15, 0.2) is 0 Å². The summed E-state index contributed by atoms with van der Waals surface area (Å²) in [5.74, 6) is -0.247. The number of aliphatic hydroxyl groups is 1. The van der Waals surface area contributed by atoms with Crippen LogP contribution in [-0.2, 0) is 24.1 Å². The van der Waals surface area contributed by atoms with Crippen LogP contribution in [0, 0.1) is 5.82 Å². The molecule has 3 aliphatic rings. The Hall–Kier alpha value is -3.96. The molecule has 0 radical (unpaired) electrons. The topological polar surface area (TPSA) is 45.6 Å². The summed E-state index contributed by atoms with van der Waals surface area (Å²) >= 11 is 0. The van der Waals surface area contributed by atoms with Crippen molar-refractivity contribution in [2.24, 2.45) is 0 Å². The second-order valence-corrected chi connectivity index (χ2v) is 9.88. The number of hydrogen-bond acceptors (Lipinski definition) is 4. The van der Waals surface area contributed by atoms with Gasteiger partial charge in [-0.15, -0.1) is 0 Å². The van der Waals surface area contributed by atoms with Crippen LogP contribution in [0.1, 0.15) is 46.9 Å². The molecule has 3 aromatic rings. The second-order valence-electron chi connectivity index (χ2n) is 9.88. The molecule has 1 aromatic heterocycles. The first-order valence-electron chi connectivity index (χ1n) is 12.7. The van der Waals surface area contributed by atoms with Gasteiger partial charge in [0.05, 0.1) is 35.8 Å². The summed E-state index contributed by atoms with van der Waals surface area (Å²) < 4.78 is 19.0. The second kappa shape index (κ2) is 9.16. The molecule has 2 aliphatic heterocycles. The summed E-state index contributed by atoms with van der Waals surface area (Å²) in [5.41, 5.74) is 11.2. The molecule has 6 rings (SSSR count). The van der Waals surface area contributed by atoms with Crippen LogP contribution in [0.4, 0.5) is 4.39 Å². The van der Waals surface area contributed by atoms with Gasteiger partial charge in [0.25, 0.3) is 0 Å². The zero-order chi connectivity index (χ0) is 25.7. The van der Waals surface area contributed by atoms with E-state index >= 15 is 0 Å². The van der Waals surface area contributed by atoms with E-state index in [4.69, 9.17) is 9.72 Å². The maximum Gasteiger partial charge on any atom is 0.123 e. The van der Waals surface area contributed by atoms with Crippen molar-refractivity contribution >= 4 is 28.8 Å². The number of benzene rings is 2. The fraction of sp³-hybridized carbons (Fsp3) is 0.219. The third-order valence-electron chi connectivity index (χ3n) is 7.62. The quantitative estimate of drug-likeness (QED) is 0.396. The number of halogens is 1. The van der Waals surface area contributed by atoms with Gasteiger partial charge < -0.3 is 14.7 Å². The first kappa shape index (κ1) is 23.4. The zero-order valence-corrected chi connectivity index (χ0v) is 20.9. The van der Waals surface area contributed by atoms with Crippen molar-refractivity contribution in [1.82, 2.24) is 9.88 Å². The van der Waals surface area contributed by atoms with E-state index in [0.29, 0.717) is 13.2 Å². The molecule has 1 atom stereocenters. The molecular weight excluding hydrogens is 463 g/mol. The van der Waals surface area contributed by atoms with Crippen LogP contribution in [0.15, 0.2) is 78.7 Å². The number of fused-ring (bicyclic) bond motifs is 5. The van der Waals surface area contributed by atoms with E-state index in [1.54, 1.807) is 19.1 Å². The van der Waals surface area contributed by atoms with E-state index < -0.39 is 6.10 Å². The Kier molecular flexibility index (Phi) is 5.81. The lowest BCUT2D eigenvalue weighted by Crippen LogP contribution is -2.25. The summed E-state index contributed by atoms with van der Waals surface area (Å²) in [6, 6.07) is 11.1. The Morgan fingerprint density at radius 1 is 1.16 bits per heavy atom. The average molecular weight is 493 g/mol. The molecule has 0 amide bonds. The van der Waals surface area contributed by atoms with Crippen molar-refractivity contribution in [2.45, 2.75) is 38.8 Å². The standard InChI is InChI=1S/C32H29FN2O2/c1-4-37-18-29-19(2)35-17-28-25(13-10-21-8-11-24(33)12-9-21)27-14-22-6-5-7-23(22)15-30(27)34-32(28)31(35)16-26(29)20(3)36/h4,8-16,20,36H,1-2,5-7,17-18H2,3H3/b13-10+. The van der Waals surface area contributed by atoms with Crippen LogP contribution in [0.5, 0.6) is 0 Å². The van der Waals surface area contributed by atoms with Gasteiger partial charge in [0.2, 0.25) is 0 Å². The highest BCUT2D eigenvalue weighted by Crippen LogP contribution is 2.45. The monoisotopic (exact) mass is 492 g/mol. The van der Waals surface area contributed by atoms with Crippen LogP contribution < -0.4 is 0 Å². The van der Waals surface area contributed by atoms with Crippen LogP contribution >= 0.6 is 0 Å². The van der Waals surface area contributed by atoms with Crippen LogP contribution in [0.2, 0.25) is 0 Å². The van der Waals surface area contributed by atoms with Crippen LogP contribution in [0.25, 0.3) is 28.8 Å². The van der Waals surface area contributed by atoms with Crippen molar-refractivity contribution in [2.75, 3.05) is 6.61 Å². The molecule has 186 valence electrons. The lowest BCUT2D eigenvalue weighted by molar-refractivity contribution is 0.226. The predicted molar refractivity (Wildman–Crippen MR) is 147 cm³/mol. The van der Waals surface area contributed by atoms with E-state index in [9.17, 15) is 9.50 Å². The maximum atomic E-state index is 13.5. The summed E-state index contributed by atoms with van der Waals surface area (Å²) in [5, 5.41) is 11.7. The van der Waals surface area contributed by atoms with E-state index in [1.165, 1.54) is 35.9 Å². The van der Waals surface area contributed by atoms with Crippen molar-refractivity contribution < 1.29 is 14.2 Å². The Balaban J connectivity index is 1.55. The molecule has 1 aliphatic carbocycles. The highest BCUT2D eigenvalue weighted by atomic mass is 19.1. The predicted octanol–water partition coefficient (Wildman–Crippen LogP) is 6.55. The first-order valence-corrected chi connectivity index (χ1v) is 12.7. The summed E-state index contributed by atoms with van der Waals surface area (Å²) in [6.07, 6.45) is 10.2. The number of nitrogens with zero attached hydrogens (tertiary/aromatic N) is 2. The smallest absolute Gasteiger partial charge is 0.123 e. The molecule has 37 heavy (non-hydrogen) atoms. The molecule has 4 nitrogen and oxygen atoms in total. The van der Waals surface area contributed by atoms with Gasteiger partial charge in [-0.3, -0.25) is 0 Å². The molecule has 2 aromatic carbocycles. The molecule has 0 saturated heterocycles. The molecular formula is C32H29FN2O2. The zero-order valence-electron chi connectivity index (χ0n) is 20.9. The SMILES string of the molecule is C=COCC1=C(C(C)O)C=C2c3nc4cc5c(cc4c(/C=C/c4ccc(F)cc4)c3CN2C1=C)CCC5. The largest absolute Gasteiger partial charge is 0.497 e. The van der Waals surface area contributed by atoms with Gasteiger partial charge in [-0.2, -0.15) is 0 Å². The molecule has 0 bridgehead atoms. The normalized spacial score (nSPS) is 17.2. The molecule has 1 N–H and O–H groups in total. The molecule has 1 unspecified atom stereocenters. The number of aromatic nitrogens is 1. The molecule has 0 saturated carbocycles. The van der Waals surface area contributed by atoms with Gasteiger partial charge >= 0.3 is 0 Å². The highest BCUT2D eigenvalue weighted by Gasteiger charge is 2.35. The number of aliphatic hydroxyl groups excluding tert-OH is 1. The third-order valence-corrected chi connectivity index (χ3v) is 7.62. The molecule has 3 heterocycles. The van der Waals surface area contributed by atoms with Crippen LogP contribution in [-0.4, -0.2) is 27.7 Å². The molecule has 5 heteroatoms. The van der Waals surface area contributed by atoms with Gasteiger partial charge in [0, 0.05) is 22.2 Å². The minimum atomic E-state index is -0.680. The summed E-state index contributed by atoms with van der Waals surface area (Å²) in [4.78, 5) is 7.33. The van der Waals surface area contributed by atoms with E-state index in [1.807, 2.05) is 12.2 Å². The maximum absolute atomic E-state index is 13.5. The number of rotatable bonds is 6. The van der Waals surface area contributed by atoms with Crippen molar-refractivity contribution in [3.05, 3.63) is 118 Å². The molecule has 0 fully saturated rings. The van der Waals surface area contributed by atoms with E-state index in [0.717, 1.165) is 68.7 Å². The number of aryl methyl sites for hydroxylation is 2. The minimum Gasteiger partial charge on any atom is -0.497 e. The van der Waals surface area contributed by atoms with Crippen molar-refractivity contribution in [3.63, 3.8) is 0 Å². The fourth-order valence-corrected chi connectivity index (χ4v) is 5.72. The van der Waals surface area contributed by atoms with E-state index in [2.05, 4.69) is 36.3 Å². The van der Waals surface area contributed by atoms with Crippen molar-refractivity contribution in [3.8, 4) is 0 Å². The lowest BCUT2D eigenvalue weighted by Gasteiger charge is -2.31. The number of ether oxygens (including phenoxy) is 1. The fourth-order valence-electron chi connectivity index (χ4n) is 5.72. The average Bonchev–Trinajstić information content (AvgIpc) is 3.50. The highest BCUT2D eigenvalue weighted by molar-refractivity contribution is 5.96. The lowest BCUT2D eigenvalue weighted by atomic mass is 9.95. The number of pyridine rings is 1. The minimum absolute atomic E-state index is 0.247. The van der Waals surface area contributed by atoms with Crippen LogP contribution in [0.3, 0.4) is 0 Å². The Labute approximate surface area is 216 Å². The van der Waals surface area contributed by atoms with Gasteiger partial charge in [-0.05, 0) is 84.4 Å². The van der Waals surface area contributed by atoms with E-state index in [-0.39, 0.29) is 5.82 Å². The summed E-state index contributed by atoms with van der Waals surface area (Å²) in [6.45, 7) is 10.7. The Morgan fingerprint density at radius 3 is 2.65 bits per heavy atom. The third kappa shape index (κ3) is 4.00. The van der Waals surface area contributed by atoms with Gasteiger partial charge in [-0.25, -0.2) is 9.37 Å². The van der Waals surface area contributed by atoms with Gasteiger partial charge in [-0.1, -0.05) is 37.4 Å². The number of hydrogen-bond donors (Lipinski definition) is 1.